The molecule has 0 fully saturated rings. The van der Waals surface area contributed by atoms with E-state index in [-0.39, 0.29) is 23.3 Å². The molecule has 0 amide bonds. The predicted octanol–water partition coefficient (Wildman–Crippen LogP) is 1.92. The SMILES string of the molecule is CCOCCn1c(-n2nc(C)cc2C)nc2c1c(=O)n(Cc1ccccc1F)c(=O)n2C. The first-order chi connectivity index (χ1) is 15.3. The Bertz CT molecular complexity index is 1410. The molecule has 0 saturated carbocycles. The summed E-state index contributed by atoms with van der Waals surface area (Å²) in [6.45, 7) is 6.68. The van der Waals surface area contributed by atoms with Crippen LogP contribution >= 0.6 is 0 Å². The molecule has 0 N–H and O–H groups in total. The van der Waals surface area contributed by atoms with Crippen LogP contribution in [0, 0.1) is 19.7 Å². The lowest BCUT2D eigenvalue weighted by Gasteiger charge is -2.12. The Morgan fingerprint density at radius 3 is 2.53 bits per heavy atom. The van der Waals surface area contributed by atoms with Gasteiger partial charge in [-0.1, -0.05) is 18.2 Å². The van der Waals surface area contributed by atoms with E-state index in [9.17, 15) is 14.0 Å². The third kappa shape index (κ3) is 3.66. The van der Waals surface area contributed by atoms with Crippen LogP contribution in [0.5, 0.6) is 0 Å². The van der Waals surface area contributed by atoms with Crippen LogP contribution in [0.1, 0.15) is 23.9 Å². The maximum atomic E-state index is 14.2. The van der Waals surface area contributed by atoms with Gasteiger partial charge in [-0.2, -0.15) is 10.1 Å². The van der Waals surface area contributed by atoms with Gasteiger partial charge in [-0.25, -0.2) is 13.9 Å². The van der Waals surface area contributed by atoms with Crippen molar-refractivity contribution in [3.05, 3.63) is 73.9 Å². The number of halogens is 1. The van der Waals surface area contributed by atoms with Crippen molar-refractivity contribution >= 4 is 11.2 Å². The van der Waals surface area contributed by atoms with E-state index in [1.54, 1.807) is 34.5 Å². The number of imidazole rings is 1. The summed E-state index contributed by atoms with van der Waals surface area (Å²) in [7, 11) is 1.55. The molecule has 9 nitrogen and oxygen atoms in total. The van der Waals surface area contributed by atoms with E-state index in [0.717, 1.165) is 16.0 Å². The molecular formula is C22H25FN6O3. The van der Waals surface area contributed by atoms with Crippen molar-refractivity contribution in [1.82, 2.24) is 28.5 Å². The number of rotatable bonds is 7. The van der Waals surface area contributed by atoms with Gasteiger partial charge >= 0.3 is 5.69 Å². The van der Waals surface area contributed by atoms with Gasteiger partial charge in [0.1, 0.15) is 5.82 Å². The summed E-state index contributed by atoms with van der Waals surface area (Å²) in [6, 6.07) is 7.99. The van der Waals surface area contributed by atoms with Crippen molar-refractivity contribution in [3.63, 3.8) is 0 Å². The molecule has 0 unspecified atom stereocenters. The molecule has 3 aromatic heterocycles. The highest BCUT2D eigenvalue weighted by atomic mass is 19.1. The largest absolute Gasteiger partial charge is 0.380 e. The lowest BCUT2D eigenvalue weighted by atomic mass is 10.2. The van der Waals surface area contributed by atoms with Crippen LogP contribution in [0.2, 0.25) is 0 Å². The van der Waals surface area contributed by atoms with Gasteiger partial charge in [-0.3, -0.25) is 13.9 Å². The average Bonchev–Trinajstić information content (AvgIpc) is 3.30. The van der Waals surface area contributed by atoms with Crippen molar-refractivity contribution in [2.24, 2.45) is 7.05 Å². The van der Waals surface area contributed by atoms with Gasteiger partial charge in [-0.05, 0) is 32.9 Å². The molecule has 0 aliphatic carbocycles. The molecule has 0 spiro atoms. The Morgan fingerprint density at radius 2 is 1.88 bits per heavy atom. The molecule has 0 saturated heterocycles. The zero-order valence-corrected chi connectivity index (χ0v) is 18.5. The summed E-state index contributed by atoms with van der Waals surface area (Å²) in [6.07, 6.45) is 0. The first-order valence-electron chi connectivity index (χ1n) is 10.4. The minimum Gasteiger partial charge on any atom is -0.380 e. The third-order valence-corrected chi connectivity index (χ3v) is 5.36. The fraction of sp³-hybridized carbons (Fsp3) is 0.364. The Morgan fingerprint density at radius 1 is 1.12 bits per heavy atom. The highest BCUT2D eigenvalue weighted by molar-refractivity contribution is 5.72. The van der Waals surface area contributed by atoms with Crippen LogP contribution < -0.4 is 11.2 Å². The van der Waals surface area contributed by atoms with Crippen LogP contribution in [0.4, 0.5) is 4.39 Å². The minimum absolute atomic E-state index is 0.181. The second-order valence-electron chi connectivity index (χ2n) is 7.60. The van der Waals surface area contributed by atoms with Crippen LogP contribution in [0.25, 0.3) is 17.1 Å². The zero-order valence-electron chi connectivity index (χ0n) is 18.5. The van der Waals surface area contributed by atoms with Gasteiger partial charge in [-0.15, -0.1) is 0 Å². The predicted molar refractivity (Wildman–Crippen MR) is 118 cm³/mol. The lowest BCUT2D eigenvalue weighted by molar-refractivity contribution is 0.139. The molecule has 0 radical (unpaired) electrons. The molecule has 0 aliphatic rings. The number of fused-ring (bicyclic) bond motifs is 1. The minimum atomic E-state index is -0.569. The van der Waals surface area contributed by atoms with E-state index in [0.29, 0.717) is 25.7 Å². The second kappa shape index (κ2) is 8.54. The number of aryl methyl sites for hydroxylation is 3. The van der Waals surface area contributed by atoms with Gasteiger partial charge in [0, 0.05) is 31.5 Å². The van der Waals surface area contributed by atoms with Crippen molar-refractivity contribution in [2.45, 2.75) is 33.9 Å². The van der Waals surface area contributed by atoms with E-state index >= 15 is 0 Å². The van der Waals surface area contributed by atoms with Crippen molar-refractivity contribution in [3.8, 4) is 5.95 Å². The smallest absolute Gasteiger partial charge is 0.332 e. The van der Waals surface area contributed by atoms with Crippen molar-refractivity contribution in [1.29, 1.82) is 0 Å². The van der Waals surface area contributed by atoms with Gasteiger partial charge < -0.3 is 9.30 Å². The molecule has 32 heavy (non-hydrogen) atoms. The van der Waals surface area contributed by atoms with E-state index in [4.69, 9.17) is 4.74 Å². The summed E-state index contributed by atoms with van der Waals surface area (Å²) >= 11 is 0. The van der Waals surface area contributed by atoms with Crippen molar-refractivity contribution in [2.75, 3.05) is 13.2 Å². The Balaban J connectivity index is 1.98. The Kier molecular flexibility index (Phi) is 5.79. The molecule has 4 aromatic rings. The van der Waals surface area contributed by atoms with Crippen LogP contribution in [0.15, 0.2) is 39.9 Å². The van der Waals surface area contributed by atoms with Crippen LogP contribution in [-0.4, -0.2) is 41.7 Å². The summed E-state index contributed by atoms with van der Waals surface area (Å²) in [5.41, 5.74) is 1.27. The van der Waals surface area contributed by atoms with E-state index in [2.05, 4.69) is 10.1 Å². The van der Waals surface area contributed by atoms with E-state index < -0.39 is 17.1 Å². The first kappa shape index (κ1) is 21.7. The van der Waals surface area contributed by atoms with Crippen LogP contribution in [0.3, 0.4) is 0 Å². The van der Waals surface area contributed by atoms with E-state index in [1.165, 1.54) is 10.6 Å². The number of hydrogen-bond donors (Lipinski definition) is 0. The lowest BCUT2D eigenvalue weighted by Crippen LogP contribution is -2.40. The molecule has 1 aromatic carbocycles. The number of aromatic nitrogens is 6. The molecule has 10 heteroatoms. The third-order valence-electron chi connectivity index (χ3n) is 5.36. The second-order valence-corrected chi connectivity index (χ2v) is 7.60. The average molecular weight is 440 g/mol. The van der Waals surface area contributed by atoms with Gasteiger partial charge in [0.05, 0.1) is 18.8 Å². The molecule has 0 atom stereocenters. The van der Waals surface area contributed by atoms with Crippen molar-refractivity contribution < 1.29 is 9.13 Å². The highest BCUT2D eigenvalue weighted by Crippen LogP contribution is 2.17. The maximum Gasteiger partial charge on any atom is 0.332 e. The van der Waals surface area contributed by atoms with Crippen LogP contribution in [-0.2, 0) is 24.9 Å². The standard InChI is InChI=1S/C22H25FN6O3/c1-5-32-11-10-27-18-19(24-21(27)29-15(3)12-14(2)25-29)26(4)22(31)28(20(18)30)13-16-8-6-7-9-17(16)23/h6-9,12H,5,10-11,13H2,1-4H3. The van der Waals surface area contributed by atoms with Gasteiger partial charge in [0.2, 0.25) is 5.95 Å². The number of nitrogens with zero attached hydrogens (tertiary/aromatic N) is 6. The maximum absolute atomic E-state index is 14.2. The summed E-state index contributed by atoms with van der Waals surface area (Å²) < 4.78 is 25.5. The van der Waals surface area contributed by atoms with Gasteiger partial charge in [0.25, 0.3) is 5.56 Å². The molecule has 0 bridgehead atoms. The molecule has 4 rings (SSSR count). The summed E-state index contributed by atoms with van der Waals surface area (Å²) in [4.78, 5) is 31.1. The Labute approximate surface area is 183 Å². The molecule has 3 heterocycles. The normalized spacial score (nSPS) is 11.5. The fourth-order valence-electron chi connectivity index (χ4n) is 3.80. The van der Waals surface area contributed by atoms with Gasteiger partial charge in [0.15, 0.2) is 11.2 Å². The number of ether oxygens (including phenoxy) is 1. The quantitative estimate of drug-likeness (QED) is 0.410. The topological polar surface area (TPSA) is 88.9 Å². The molecule has 168 valence electrons. The van der Waals surface area contributed by atoms with E-state index in [1.807, 2.05) is 26.8 Å². The molecular weight excluding hydrogens is 415 g/mol. The number of benzene rings is 1. The highest BCUT2D eigenvalue weighted by Gasteiger charge is 2.23. The zero-order chi connectivity index (χ0) is 23.0. The first-order valence-corrected chi connectivity index (χ1v) is 10.4. The summed E-state index contributed by atoms with van der Waals surface area (Å²) in [5.74, 6) is -0.0595. The molecule has 0 aliphatic heterocycles. The Hall–Kier alpha value is -3.53. The fourth-order valence-corrected chi connectivity index (χ4v) is 3.80. The number of hydrogen-bond acceptors (Lipinski definition) is 5. The monoisotopic (exact) mass is 440 g/mol. The summed E-state index contributed by atoms with van der Waals surface area (Å²) in [5, 5.41) is 4.49.